The SMILES string of the molecule is Cc1nn(-c2ccc(F)cc2)c(C)c1CC(=O)NCc1ccc2c(c1)CNC2.Cl. The van der Waals surface area contributed by atoms with Gasteiger partial charge in [-0.1, -0.05) is 18.2 Å². The number of nitrogens with one attached hydrogen (secondary N) is 2. The molecule has 4 rings (SSSR count). The van der Waals surface area contributed by atoms with Crippen LogP contribution in [0.4, 0.5) is 4.39 Å². The molecule has 1 amide bonds. The lowest BCUT2D eigenvalue weighted by atomic mass is 10.1. The zero-order chi connectivity index (χ0) is 19.7. The molecule has 2 heterocycles. The predicted octanol–water partition coefficient (Wildman–Crippen LogP) is 3.51. The number of carbonyl (C=O) groups is 1. The first-order chi connectivity index (χ1) is 13.5. The van der Waals surface area contributed by atoms with Crippen LogP contribution in [-0.2, 0) is 30.8 Å². The lowest BCUT2D eigenvalue weighted by Crippen LogP contribution is -2.25. The van der Waals surface area contributed by atoms with E-state index in [0.717, 1.165) is 41.3 Å². The number of rotatable bonds is 5. The number of benzene rings is 2. The average molecular weight is 415 g/mol. The first-order valence-electron chi connectivity index (χ1n) is 9.40. The zero-order valence-electron chi connectivity index (χ0n) is 16.5. The van der Waals surface area contributed by atoms with Crippen molar-refractivity contribution in [2.75, 3.05) is 0 Å². The van der Waals surface area contributed by atoms with Crippen molar-refractivity contribution in [3.05, 3.63) is 81.9 Å². The Morgan fingerprint density at radius 2 is 1.86 bits per heavy atom. The molecule has 0 unspecified atom stereocenters. The van der Waals surface area contributed by atoms with Crippen molar-refractivity contribution < 1.29 is 9.18 Å². The molecule has 0 atom stereocenters. The maximum atomic E-state index is 13.2. The van der Waals surface area contributed by atoms with Gasteiger partial charge in [0.05, 0.1) is 17.8 Å². The molecule has 0 saturated heterocycles. The van der Waals surface area contributed by atoms with Gasteiger partial charge in [0, 0.05) is 30.9 Å². The minimum absolute atomic E-state index is 0. The molecule has 2 N–H and O–H groups in total. The monoisotopic (exact) mass is 414 g/mol. The second kappa shape index (κ2) is 8.76. The summed E-state index contributed by atoms with van der Waals surface area (Å²) in [5.41, 5.74) is 7.11. The molecule has 3 aromatic rings. The normalized spacial score (nSPS) is 12.4. The zero-order valence-corrected chi connectivity index (χ0v) is 17.3. The van der Waals surface area contributed by atoms with Gasteiger partial charge in [0.1, 0.15) is 5.82 Å². The lowest BCUT2D eigenvalue weighted by Gasteiger charge is -2.08. The minimum Gasteiger partial charge on any atom is -0.352 e. The number of halogens is 2. The van der Waals surface area contributed by atoms with Crippen LogP contribution in [-0.4, -0.2) is 15.7 Å². The first kappa shape index (κ1) is 21.0. The highest BCUT2D eigenvalue weighted by Crippen LogP contribution is 2.19. The van der Waals surface area contributed by atoms with E-state index >= 15 is 0 Å². The molecular weight excluding hydrogens is 391 g/mol. The van der Waals surface area contributed by atoms with E-state index in [-0.39, 0.29) is 30.6 Å². The van der Waals surface area contributed by atoms with Crippen LogP contribution in [0, 0.1) is 19.7 Å². The van der Waals surface area contributed by atoms with E-state index in [1.807, 2.05) is 13.8 Å². The molecule has 0 saturated carbocycles. The van der Waals surface area contributed by atoms with Crippen molar-refractivity contribution in [2.45, 2.75) is 39.9 Å². The highest BCUT2D eigenvalue weighted by atomic mass is 35.5. The van der Waals surface area contributed by atoms with Gasteiger partial charge in [-0.2, -0.15) is 5.10 Å². The minimum atomic E-state index is -0.285. The summed E-state index contributed by atoms with van der Waals surface area (Å²) >= 11 is 0. The number of hydrogen-bond acceptors (Lipinski definition) is 3. The van der Waals surface area contributed by atoms with Crippen molar-refractivity contribution in [3.63, 3.8) is 0 Å². The third-order valence-corrected chi connectivity index (χ3v) is 5.24. The summed E-state index contributed by atoms with van der Waals surface area (Å²) in [7, 11) is 0. The van der Waals surface area contributed by atoms with Crippen LogP contribution in [0.2, 0.25) is 0 Å². The van der Waals surface area contributed by atoms with E-state index in [0.29, 0.717) is 6.54 Å². The standard InChI is InChI=1S/C22H23FN4O.ClH/c1-14-21(15(2)27(26-14)20-7-5-19(23)6-8-20)10-22(28)25-11-16-3-4-17-12-24-13-18(17)9-16;/h3-9,24H,10-13H2,1-2H3,(H,25,28);1H. The molecule has 1 aliphatic heterocycles. The third kappa shape index (κ3) is 4.49. The average Bonchev–Trinajstić information content (AvgIpc) is 3.26. The molecule has 2 aromatic carbocycles. The van der Waals surface area contributed by atoms with Gasteiger partial charge in [0.15, 0.2) is 0 Å². The van der Waals surface area contributed by atoms with Gasteiger partial charge in [0.25, 0.3) is 0 Å². The number of nitrogens with zero attached hydrogens (tertiary/aromatic N) is 2. The third-order valence-electron chi connectivity index (χ3n) is 5.24. The van der Waals surface area contributed by atoms with E-state index < -0.39 is 0 Å². The number of fused-ring (bicyclic) bond motifs is 1. The molecule has 0 aliphatic carbocycles. The number of aromatic nitrogens is 2. The highest BCUT2D eigenvalue weighted by Gasteiger charge is 2.16. The molecule has 29 heavy (non-hydrogen) atoms. The summed E-state index contributed by atoms with van der Waals surface area (Å²) in [4.78, 5) is 12.5. The van der Waals surface area contributed by atoms with Gasteiger partial charge in [-0.15, -0.1) is 12.4 Å². The first-order valence-corrected chi connectivity index (χ1v) is 9.40. The summed E-state index contributed by atoms with van der Waals surface area (Å²) in [6.07, 6.45) is 0.269. The molecule has 152 valence electrons. The molecule has 1 aliphatic rings. The summed E-state index contributed by atoms with van der Waals surface area (Å²) in [6, 6.07) is 12.5. The van der Waals surface area contributed by atoms with Gasteiger partial charge in [-0.3, -0.25) is 4.79 Å². The maximum Gasteiger partial charge on any atom is 0.224 e. The largest absolute Gasteiger partial charge is 0.352 e. The fraction of sp³-hybridized carbons (Fsp3) is 0.273. The van der Waals surface area contributed by atoms with Gasteiger partial charge in [-0.25, -0.2) is 9.07 Å². The van der Waals surface area contributed by atoms with Gasteiger partial charge < -0.3 is 10.6 Å². The highest BCUT2D eigenvalue weighted by molar-refractivity contribution is 5.85. The Morgan fingerprint density at radius 3 is 2.62 bits per heavy atom. The van der Waals surface area contributed by atoms with E-state index in [9.17, 15) is 9.18 Å². The van der Waals surface area contributed by atoms with Crippen LogP contribution < -0.4 is 10.6 Å². The Hall–Kier alpha value is -2.70. The fourth-order valence-corrected chi connectivity index (χ4v) is 3.65. The van der Waals surface area contributed by atoms with Crippen LogP contribution in [0.5, 0.6) is 0 Å². The Labute approximate surface area is 175 Å². The van der Waals surface area contributed by atoms with Gasteiger partial charge in [-0.05, 0) is 54.8 Å². The summed E-state index contributed by atoms with van der Waals surface area (Å²) in [5, 5.41) is 10.9. The lowest BCUT2D eigenvalue weighted by molar-refractivity contribution is -0.120. The topological polar surface area (TPSA) is 59.0 Å². The number of amides is 1. The van der Waals surface area contributed by atoms with Crippen LogP contribution in [0.15, 0.2) is 42.5 Å². The van der Waals surface area contributed by atoms with Crippen LogP contribution in [0.3, 0.4) is 0 Å². The van der Waals surface area contributed by atoms with Crippen LogP contribution >= 0.6 is 12.4 Å². The maximum absolute atomic E-state index is 13.2. The molecule has 0 spiro atoms. The van der Waals surface area contributed by atoms with E-state index in [4.69, 9.17) is 0 Å². The Kier molecular flexibility index (Phi) is 6.35. The van der Waals surface area contributed by atoms with Crippen molar-refractivity contribution in [2.24, 2.45) is 0 Å². The molecule has 0 bridgehead atoms. The Balaban J connectivity index is 0.00000240. The van der Waals surface area contributed by atoms with Crippen LogP contribution in [0.1, 0.15) is 33.6 Å². The van der Waals surface area contributed by atoms with Crippen molar-refractivity contribution >= 4 is 18.3 Å². The second-order valence-electron chi connectivity index (χ2n) is 7.20. The summed E-state index contributed by atoms with van der Waals surface area (Å²) in [5.74, 6) is -0.323. The van der Waals surface area contributed by atoms with E-state index in [2.05, 4.69) is 33.9 Å². The molecule has 5 nitrogen and oxygen atoms in total. The number of aryl methyl sites for hydroxylation is 1. The van der Waals surface area contributed by atoms with Gasteiger partial charge in [0.2, 0.25) is 5.91 Å². The second-order valence-corrected chi connectivity index (χ2v) is 7.20. The number of carbonyl (C=O) groups excluding carboxylic acids is 1. The number of hydrogen-bond donors (Lipinski definition) is 2. The molecule has 0 radical (unpaired) electrons. The van der Waals surface area contributed by atoms with Crippen molar-refractivity contribution in [1.29, 1.82) is 0 Å². The Morgan fingerprint density at radius 1 is 1.14 bits per heavy atom. The fourth-order valence-electron chi connectivity index (χ4n) is 3.65. The Bertz CT molecular complexity index is 1030. The van der Waals surface area contributed by atoms with Gasteiger partial charge >= 0.3 is 0 Å². The van der Waals surface area contributed by atoms with Crippen molar-refractivity contribution in [1.82, 2.24) is 20.4 Å². The quantitative estimate of drug-likeness (QED) is 0.671. The molecule has 0 fully saturated rings. The van der Waals surface area contributed by atoms with Crippen molar-refractivity contribution in [3.8, 4) is 5.69 Å². The van der Waals surface area contributed by atoms with E-state index in [1.165, 1.54) is 23.3 Å². The molecule has 1 aromatic heterocycles. The summed E-state index contributed by atoms with van der Waals surface area (Å²) in [6.45, 7) is 6.13. The smallest absolute Gasteiger partial charge is 0.224 e. The van der Waals surface area contributed by atoms with Crippen LogP contribution in [0.25, 0.3) is 5.69 Å². The van der Waals surface area contributed by atoms with E-state index in [1.54, 1.807) is 16.8 Å². The molecule has 7 heteroatoms. The molecular formula is C22H24ClFN4O. The predicted molar refractivity (Wildman–Crippen MR) is 113 cm³/mol. The summed E-state index contributed by atoms with van der Waals surface area (Å²) < 4.78 is 14.9.